The van der Waals surface area contributed by atoms with Crippen molar-refractivity contribution in [1.82, 2.24) is 20.2 Å². The summed E-state index contributed by atoms with van der Waals surface area (Å²) in [4.78, 5) is 8.17. The van der Waals surface area contributed by atoms with Crippen LogP contribution in [0.25, 0.3) is 5.69 Å². The Morgan fingerprint density at radius 3 is 2.74 bits per heavy atom. The Bertz CT molecular complexity index is 715. The van der Waals surface area contributed by atoms with Gasteiger partial charge in [0.2, 0.25) is 0 Å². The zero-order chi connectivity index (χ0) is 19.6. The highest BCUT2D eigenvalue weighted by molar-refractivity contribution is 5.79. The maximum Gasteiger partial charge on any atom is 0.191 e. The summed E-state index contributed by atoms with van der Waals surface area (Å²) in [6, 6.07) is 5.17. The first-order chi connectivity index (χ1) is 13.0. The number of aromatic nitrogens is 2. The molecular weight excluding hydrogens is 345 g/mol. The Morgan fingerprint density at radius 1 is 1.33 bits per heavy atom. The molecule has 0 radical (unpaired) electrons. The number of nitrogens with one attached hydrogen (secondary N) is 2. The number of ether oxygens (including phenoxy) is 1. The van der Waals surface area contributed by atoms with E-state index >= 15 is 0 Å². The predicted molar refractivity (Wildman–Crippen MR) is 107 cm³/mol. The van der Waals surface area contributed by atoms with Crippen LogP contribution in [0.15, 0.2) is 41.9 Å². The molecule has 0 fully saturated rings. The molecule has 0 bridgehead atoms. The molecule has 0 aliphatic carbocycles. The Hall–Kier alpha value is -2.41. The van der Waals surface area contributed by atoms with Gasteiger partial charge < -0.3 is 19.9 Å². The van der Waals surface area contributed by atoms with Gasteiger partial charge in [-0.25, -0.2) is 9.37 Å². The number of aliphatic imine (C=N–C) groups is 1. The van der Waals surface area contributed by atoms with Crippen molar-refractivity contribution in [3.8, 4) is 5.69 Å². The number of hydrogen-bond donors (Lipinski definition) is 2. The van der Waals surface area contributed by atoms with Gasteiger partial charge in [-0.1, -0.05) is 19.9 Å². The topological polar surface area (TPSA) is 63.5 Å². The van der Waals surface area contributed by atoms with Crippen molar-refractivity contribution in [2.45, 2.75) is 39.8 Å². The van der Waals surface area contributed by atoms with Crippen LogP contribution in [0.1, 0.15) is 32.8 Å². The first-order valence-electron chi connectivity index (χ1n) is 9.38. The summed E-state index contributed by atoms with van der Waals surface area (Å²) in [7, 11) is 1.72. The van der Waals surface area contributed by atoms with Crippen molar-refractivity contribution in [3.05, 3.63) is 48.3 Å². The zero-order valence-corrected chi connectivity index (χ0v) is 16.6. The summed E-state index contributed by atoms with van der Waals surface area (Å²) in [5.41, 5.74) is 1.32. The maximum absolute atomic E-state index is 14.3. The summed E-state index contributed by atoms with van der Waals surface area (Å²) in [5, 5.41) is 6.50. The second kappa shape index (κ2) is 10.7. The SMILES string of the molecule is CCOC(CCNC(=NC)NCc1ccc(-n2ccnc2)c(F)c1)C(C)C. The lowest BCUT2D eigenvalue weighted by atomic mass is 10.0. The highest BCUT2D eigenvalue weighted by Gasteiger charge is 2.13. The summed E-state index contributed by atoms with van der Waals surface area (Å²) in [5.74, 6) is 0.874. The van der Waals surface area contributed by atoms with Crippen molar-refractivity contribution >= 4 is 5.96 Å². The molecule has 0 aliphatic heterocycles. The fraction of sp³-hybridized carbons (Fsp3) is 0.500. The Morgan fingerprint density at radius 2 is 2.15 bits per heavy atom. The molecule has 0 saturated heterocycles. The van der Waals surface area contributed by atoms with Gasteiger partial charge in [-0.3, -0.25) is 4.99 Å². The number of benzene rings is 1. The van der Waals surface area contributed by atoms with Gasteiger partial charge in [0.25, 0.3) is 0 Å². The molecule has 1 unspecified atom stereocenters. The molecule has 1 aromatic heterocycles. The van der Waals surface area contributed by atoms with Gasteiger partial charge in [0, 0.05) is 39.1 Å². The van der Waals surface area contributed by atoms with E-state index in [1.807, 2.05) is 13.0 Å². The van der Waals surface area contributed by atoms with Crippen LogP contribution in [-0.2, 0) is 11.3 Å². The fourth-order valence-corrected chi connectivity index (χ4v) is 2.83. The molecule has 7 heteroatoms. The van der Waals surface area contributed by atoms with E-state index in [9.17, 15) is 4.39 Å². The van der Waals surface area contributed by atoms with E-state index in [2.05, 4.69) is 34.5 Å². The molecule has 0 aliphatic rings. The highest BCUT2D eigenvalue weighted by atomic mass is 19.1. The first kappa shape index (κ1) is 20.9. The molecule has 27 heavy (non-hydrogen) atoms. The van der Waals surface area contributed by atoms with E-state index in [1.165, 1.54) is 6.07 Å². The van der Waals surface area contributed by atoms with Crippen molar-refractivity contribution in [1.29, 1.82) is 0 Å². The van der Waals surface area contributed by atoms with Gasteiger partial charge in [-0.2, -0.15) is 0 Å². The van der Waals surface area contributed by atoms with Gasteiger partial charge in [0.1, 0.15) is 5.82 Å². The third-order valence-corrected chi connectivity index (χ3v) is 4.32. The largest absolute Gasteiger partial charge is 0.378 e. The summed E-state index contributed by atoms with van der Waals surface area (Å²) >= 11 is 0. The third kappa shape index (κ3) is 6.36. The lowest BCUT2D eigenvalue weighted by Crippen LogP contribution is -2.39. The van der Waals surface area contributed by atoms with Crippen LogP contribution in [-0.4, -0.2) is 41.8 Å². The number of imidazole rings is 1. The van der Waals surface area contributed by atoms with Crippen molar-refractivity contribution < 1.29 is 9.13 Å². The van der Waals surface area contributed by atoms with Crippen LogP contribution in [0.2, 0.25) is 0 Å². The third-order valence-electron chi connectivity index (χ3n) is 4.32. The van der Waals surface area contributed by atoms with Crippen molar-refractivity contribution in [3.63, 3.8) is 0 Å². The number of hydrogen-bond acceptors (Lipinski definition) is 3. The van der Waals surface area contributed by atoms with E-state index in [4.69, 9.17) is 4.74 Å². The summed E-state index contributed by atoms with van der Waals surface area (Å²) in [6.45, 7) is 8.30. The number of rotatable bonds is 9. The molecule has 1 atom stereocenters. The van der Waals surface area contributed by atoms with E-state index in [0.717, 1.165) is 25.1 Å². The standard InChI is InChI=1S/C20H30FN5O/c1-5-27-19(15(2)3)8-9-24-20(22-4)25-13-16-6-7-18(17(21)12-16)26-11-10-23-14-26/h6-7,10-12,14-15,19H,5,8-9,13H2,1-4H3,(H2,22,24,25). The van der Waals surface area contributed by atoms with Gasteiger partial charge in [-0.05, 0) is 37.0 Å². The molecule has 0 spiro atoms. The van der Waals surface area contributed by atoms with Gasteiger partial charge >= 0.3 is 0 Å². The summed E-state index contributed by atoms with van der Waals surface area (Å²) in [6.07, 6.45) is 6.05. The molecule has 148 valence electrons. The van der Waals surface area contributed by atoms with Crippen LogP contribution < -0.4 is 10.6 Å². The fourth-order valence-electron chi connectivity index (χ4n) is 2.83. The van der Waals surface area contributed by atoms with Gasteiger partial charge in [-0.15, -0.1) is 0 Å². The first-order valence-corrected chi connectivity index (χ1v) is 9.38. The Kier molecular flexibility index (Phi) is 8.26. The molecule has 6 nitrogen and oxygen atoms in total. The monoisotopic (exact) mass is 375 g/mol. The zero-order valence-electron chi connectivity index (χ0n) is 16.6. The van der Waals surface area contributed by atoms with Crippen LogP contribution >= 0.6 is 0 Å². The molecule has 2 N–H and O–H groups in total. The van der Waals surface area contributed by atoms with E-state index in [-0.39, 0.29) is 11.9 Å². The number of guanidine groups is 1. The smallest absolute Gasteiger partial charge is 0.191 e. The van der Waals surface area contributed by atoms with E-state index in [1.54, 1.807) is 36.4 Å². The van der Waals surface area contributed by atoms with Crippen LogP contribution in [0, 0.1) is 11.7 Å². The minimum absolute atomic E-state index is 0.227. The number of nitrogens with zero attached hydrogens (tertiary/aromatic N) is 3. The van der Waals surface area contributed by atoms with Gasteiger partial charge in [0.15, 0.2) is 5.96 Å². The Balaban J connectivity index is 1.84. The van der Waals surface area contributed by atoms with Crippen LogP contribution in [0.5, 0.6) is 0 Å². The Labute approximate surface area is 160 Å². The van der Waals surface area contributed by atoms with Crippen molar-refractivity contribution in [2.24, 2.45) is 10.9 Å². The highest BCUT2D eigenvalue weighted by Crippen LogP contribution is 2.15. The lowest BCUT2D eigenvalue weighted by molar-refractivity contribution is 0.0258. The second-order valence-electron chi connectivity index (χ2n) is 6.63. The van der Waals surface area contributed by atoms with Crippen LogP contribution in [0.4, 0.5) is 4.39 Å². The van der Waals surface area contributed by atoms with Crippen LogP contribution in [0.3, 0.4) is 0 Å². The molecule has 2 aromatic rings. The average Bonchev–Trinajstić information content (AvgIpc) is 3.18. The molecule has 1 aromatic carbocycles. The van der Waals surface area contributed by atoms with E-state index < -0.39 is 0 Å². The minimum Gasteiger partial charge on any atom is -0.378 e. The lowest BCUT2D eigenvalue weighted by Gasteiger charge is -2.21. The second-order valence-corrected chi connectivity index (χ2v) is 6.63. The molecular formula is C20H30FN5O. The number of halogens is 1. The maximum atomic E-state index is 14.3. The molecule has 2 rings (SSSR count). The summed E-state index contributed by atoms with van der Waals surface area (Å²) < 4.78 is 21.7. The normalized spacial score (nSPS) is 13.0. The minimum atomic E-state index is -0.285. The molecule has 0 amide bonds. The molecule has 1 heterocycles. The van der Waals surface area contributed by atoms with Gasteiger partial charge in [0.05, 0.1) is 18.1 Å². The predicted octanol–water partition coefficient (Wildman–Crippen LogP) is 3.13. The van der Waals surface area contributed by atoms with E-state index in [0.29, 0.717) is 24.1 Å². The quantitative estimate of drug-likeness (QED) is 0.522. The average molecular weight is 375 g/mol. The molecule has 0 saturated carbocycles. The van der Waals surface area contributed by atoms with Crippen molar-refractivity contribution in [2.75, 3.05) is 20.2 Å².